The van der Waals surface area contributed by atoms with Gasteiger partial charge in [-0.2, -0.15) is 0 Å². The molecule has 0 fully saturated rings. The Hall–Kier alpha value is -1.87. The summed E-state index contributed by atoms with van der Waals surface area (Å²) in [6, 6.07) is 5.85. The number of nitrogens with zero attached hydrogens (tertiary/aromatic N) is 3. The molecule has 0 aliphatic heterocycles. The van der Waals surface area contributed by atoms with Crippen LogP contribution in [-0.2, 0) is 0 Å². The highest BCUT2D eigenvalue weighted by atomic mass is 16.5. The van der Waals surface area contributed by atoms with Crippen molar-refractivity contribution in [2.24, 2.45) is 5.11 Å². The minimum atomic E-state index is 0.320. The van der Waals surface area contributed by atoms with Gasteiger partial charge in [-0.1, -0.05) is 18.1 Å². The van der Waals surface area contributed by atoms with Gasteiger partial charge in [0.2, 0.25) is 0 Å². The van der Waals surface area contributed by atoms with E-state index in [-0.39, 0.29) is 0 Å². The van der Waals surface area contributed by atoms with Crippen molar-refractivity contribution in [3.05, 3.63) is 34.2 Å². The zero-order valence-electron chi connectivity index (χ0n) is 10.4. The van der Waals surface area contributed by atoms with Crippen LogP contribution in [0.5, 0.6) is 11.5 Å². The Morgan fingerprint density at radius 1 is 1.29 bits per heavy atom. The third-order valence-electron chi connectivity index (χ3n) is 2.70. The van der Waals surface area contributed by atoms with Crippen molar-refractivity contribution in [2.45, 2.75) is 19.3 Å². The lowest BCUT2D eigenvalue weighted by molar-refractivity contribution is 0.354. The number of ether oxygens (including phenoxy) is 2. The first-order valence-corrected chi connectivity index (χ1v) is 5.45. The van der Waals surface area contributed by atoms with Gasteiger partial charge in [0, 0.05) is 11.5 Å². The number of rotatable bonds is 6. The van der Waals surface area contributed by atoms with Crippen LogP contribution in [0.1, 0.15) is 24.8 Å². The summed E-state index contributed by atoms with van der Waals surface area (Å²) in [7, 11) is 3.23. The first-order chi connectivity index (χ1) is 8.22. The molecule has 1 atom stereocenters. The molecule has 1 unspecified atom stereocenters. The average Bonchev–Trinajstić information content (AvgIpc) is 2.38. The molecular weight excluding hydrogens is 218 g/mol. The van der Waals surface area contributed by atoms with Crippen LogP contribution in [0.25, 0.3) is 10.4 Å². The van der Waals surface area contributed by atoms with E-state index in [1.807, 2.05) is 18.2 Å². The topological polar surface area (TPSA) is 67.2 Å². The van der Waals surface area contributed by atoms with Gasteiger partial charge in [0.05, 0.1) is 14.2 Å². The SMILES string of the molecule is COc1ccc(C(C)CCN=[N+]=[N-])cc1OC. The Balaban J connectivity index is 2.80. The summed E-state index contributed by atoms with van der Waals surface area (Å²) in [5, 5.41) is 3.54. The van der Waals surface area contributed by atoms with Crippen molar-refractivity contribution >= 4 is 0 Å². The Morgan fingerprint density at radius 3 is 2.59 bits per heavy atom. The van der Waals surface area contributed by atoms with Gasteiger partial charge >= 0.3 is 0 Å². The number of azide groups is 1. The normalized spacial score (nSPS) is 11.5. The number of benzene rings is 1. The molecule has 0 N–H and O–H groups in total. The van der Waals surface area contributed by atoms with E-state index in [0.29, 0.717) is 12.5 Å². The molecule has 17 heavy (non-hydrogen) atoms. The van der Waals surface area contributed by atoms with Crippen LogP contribution in [0, 0.1) is 0 Å². The van der Waals surface area contributed by atoms with E-state index in [0.717, 1.165) is 23.5 Å². The molecule has 0 saturated carbocycles. The van der Waals surface area contributed by atoms with Crippen LogP contribution < -0.4 is 9.47 Å². The summed E-state index contributed by atoms with van der Waals surface area (Å²) in [4.78, 5) is 2.74. The second kappa shape index (κ2) is 6.66. The third-order valence-corrected chi connectivity index (χ3v) is 2.70. The molecule has 0 amide bonds. The lowest BCUT2D eigenvalue weighted by Crippen LogP contribution is -1.98. The van der Waals surface area contributed by atoms with Crippen LogP contribution in [-0.4, -0.2) is 20.8 Å². The number of hydrogen-bond acceptors (Lipinski definition) is 3. The van der Waals surface area contributed by atoms with Crippen LogP contribution in [0.15, 0.2) is 23.3 Å². The average molecular weight is 235 g/mol. The zero-order valence-corrected chi connectivity index (χ0v) is 10.4. The molecule has 1 aromatic carbocycles. The van der Waals surface area contributed by atoms with Gasteiger partial charge < -0.3 is 9.47 Å². The molecular formula is C12H17N3O2. The van der Waals surface area contributed by atoms with Crippen molar-refractivity contribution in [2.75, 3.05) is 20.8 Å². The highest BCUT2D eigenvalue weighted by Gasteiger charge is 2.09. The first-order valence-electron chi connectivity index (χ1n) is 5.45. The summed E-state index contributed by atoms with van der Waals surface area (Å²) in [6.45, 7) is 2.60. The number of hydrogen-bond donors (Lipinski definition) is 0. The first kappa shape index (κ1) is 13.2. The van der Waals surface area contributed by atoms with Gasteiger partial charge in [-0.15, -0.1) is 0 Å². The van der Waals surface area contributed by atoms with E-state index in [4.69, 9.17) is 15.0 Å². The van der Waals surface area contributed by atoms with Crippen molar-refractivity contribution in [3.63, 3.8) is 0 Å². The Morgan fingerprint density at radius 2 is 2.00 bits per heavy atom. The molecule has 0 radical (unpaired) electrons. The van der Waals surface area contributed by atoms with E-state index < -0.39 is 0 Å². The predicted molar refractivity (Wildman–Crippen MR) is 66.6 cm³/mol. The summed E-state index contributed by atoms with van der Waals surface area (Å²) >= 11 is 0. The van der Waals surface area contributed by atoms with E-state index >= 15 is 0 Å². The highest BCUT2D eigenvalue weighted by molar-refractivity contribution is 5.43. The molecule has 0 heterocycles. The van der Waals surface area contributed by atoms with Gasteiger partial charge in [-0.25, -0.2) is 0 Å². The zero-order chi connectivity index (χ0) is 12.7. The molecule has 92 valence electrons. The Bertz CT molecular complexity index is 414. The molecule has 0 aromatic heterocycles. The molecule has 0 aliphatic rings. The quantitative estimate of drug-likeness (QED) is 0.430. The highest BCUT2D eigenvalue weighted by Crippen LogP contribution is 2.31. The maximum Gasteiger partial charge on any atom is 0.160 e. The van der Waals surface area contributed by atoms with Crippen LogP contribution in [0.3, 0.4) is 0 Å². The van der Waals surface area contributed by atoms with E-state index in [2.05, 4.69) is 16.9 Å². The van der Waals surface area contributed by atoms with Gasteiger partial charge in [0.25, 0.3) is 0 Å². The lowest BCUT2D eigenvalue weighted by Gasteiger charge is -2.13. The molecule has 0 saturated heterocycles. The smallest absolute Gasteiger partial charge is 0.160 e. The molecule has 0 aliphatic carbocycles. The van der Waals surface area contributed by atoms with Crippen molar-refractivity contribution in [1.82, 2.24) is 0 Å². The van der Waals surface area contributed by atoms with E-state index in [9.17, 15) is 0 Å². The number of methoxy groups -OCH3 is 2. The van der Waals surface area contributed by atoms with Crippen LogP contribution in [0.2, 0.25) is 0 Å². The van der Waals surface area contributed by atoms with Crippen molar-refractivity contribution in [3.8, 4) is 11.5 Å². The molecule has 0 bridgehead atoms. The van der Waals surface area contributed by atoms with Crippen molar-refractivity contribution < 1.29 is 9.47 Å². The maximum atomic E-state index is 8.22. The summed E-state index contributed by atoms with van der Waals surface area (Å²) < 4.78 is 10.4. The fraction of sp³-hybridized carbons (Fsp3) is 0.500. The summed E-state index contributed by atoms with van der Waals surface area (Å²) in [5.74, 6) is 1.76. The molecule has 0 spiro atoms. The monoisotopic (exact) mass is 235 g/mol. The predicted octanol–water partition coefficient (Wildman–Crippen LogP) is 3.51. The standard InChI is InChI=1S/C12H17N3O2/c1-9(6-7-14-15-13)10-4-5-11(16-2)12(8-10)17-3/h4-5,8-9H,6-7H2,1-3H3. The van der Waals surface area contributed by atoms with Crippen LogP contribution >= 0.6 is 0 Å². The second-order valence-electron chi connectivity index (χ2n) is 3.76. The van der Waals surface area contributed by atoms with Gasteiger partial charge in [0.15, 0.2) is 11.5 Å². The molecule has 1 rings (SSSR count). The molecule has 1 aromatic rings. The summed E-state index contributed by atoms with van der Waals surface area (Å²) in [6.07, 6.45) is 0.819. The van der Waals surface area contributed by atoms with Crippen molar-refractivity contribution in [1.29, 1.82) is 0 Å². The van der Waals surface area contributed by atoms with E-state index in [1.54, 1.807) is 14.2 Å². The Kier molecular flexibility index (Phi) is 5.17. The third kappa shape index (κ3) is 3.57. The lowest BCUT2D eigenvalue weighted by atomic mass is 9.97. The van der Waals surface area contributed by atoms with Crippen LogP contribution in [0.4, 0.5) is 0 Å². The van der Waals surface area contributed by atoms with E-state index in [1.165, 1.54) is 0 Å². The minimum Gasteiger partial charge on any atom is -0.493 e. The fourth-order valence-corrected chi connectivity index (χ4v) is 1.62. The maximum absolute atomic E-state index is 8.22. The van der Waals surface area contributed by atoms with Gasteiger partial charge in [-0.05, 0) is 35.6 Å². The minimum absolute atomic E-state index is 0.320. The van der Waals surface area contributed by atoms with Gasteiger partial charge in [0.1, 0.15) is 0 Å². The molecule has 5 nitrogen and oxygen atoms in total. The summed E-state index contributed by atoms with van der Waals surface area (Å²) in [5.41, 5.74) is 9.37. The fourth-order valence-electron chi connectivity index (χ4n) is 1.62. The van der Waals surface area contributed by atoms with Gasteiger partial charge in [-0.3, -0.25) is 0 Å². The second-order valence-corrected chi connectivity index (χ2v) is 3.76. The largest absolute Gasteiger partial charge is 0.493 e. The molecule has 5 heteroatoms. The Labute approximate surface area is 101 Å².